The summed E-state index contributed by atoms with van der Waals surface area (Å²) in [7, 11) is 0. The SMILES string of the molecule is CC[C@@H](C)NC[C@@H](O)Cn1c(-c2ccccc2)c(-c2ccccc2)c2cc(C)ccc21. The Balaban J connectivity index is 1.90. The molecule has 0 fully saturated rings. The lowest BCUT2D eigenvalue weighted by Gasteiger charge is -2.19. The fourth-order valence-corrected chi connectivity index (χ4v) is 4.21. The number of hydrogen-bond donors (Lipinski definition) is 2. The average Bonchev–Trinajstić information content (AvgIpc) is 3.11. The van der Waals surface area contributed by atoms with Crippen LogP contribution in [0.2, 0.25) is 0 Å². The number of aryl methyl sites for hydroxylation is 1. The van der Waals surface area contributed by atoms with Crippen LogP contribution >= 0.6 is 0 Å². The van der Waals surface area contributed by atoms with E-state index >= 15 is 0 Å². The molecule has 0 aliphatic rings. The fourth-order valence-electron chi connectivity index (χ4n) is 4.21. The number of aliphatic hydroxyl groups is 1. The third-order valence-electron chi connectivity index (χ3n) is 6.04. The van der Waals surface area contributed by atoms with Gasteiger partial charge in [-0.1, -0.05) is 79.2 Å². The summed E-state index contributed by atoms with van der Waals surface area (Å²) in [5.74, 6) is 0. The first-order chi connectivity index (χ1) is 15.1. The Kier molecular flexibility index (Phi) is 6.55. The number of nitrogens with one attached hydrogen (secondary N) is 1. The second kappa shape index (κ2) is 9.51. The molecule has 2 atom stereocenters. The normalized spacial score (nSPS) is 13.4. The van der Waals surface area contributed by atoms with Gasteiger partial charge >= 0.3 is 0 Å². The summed E-state index contributed by atoms with van der Waals surface area (Å²) < 4.78 is 2.30. The lowest BCUT2D eigenvalue weighted by molar-refractivity contribution is 0.150. The quantitative estimate of drug-likeness (QED) is 0.371. The van der Waals surface area contributed by atoms with Gasteiger partial charge in [-0.2, -0.15) is 0 Å². The minimum atomic E-state index is -0.475. The number of hydrogen-bond acceptors (Lipinski definition) is 2. The molecular formula is C28H32N2O. The molecule has 3 aromatic carbocycles. The molecule has 3 nitrogen and oxygen atoms in total. The molecule has 3 heteroatoms. The molecule has 2 N–H and O–H groups in total. The third kappa shape index (κ3) is 4.58. The van der Waals surface area contributed by atoms with E-state index in [-0.39, 0.29) is 0 Å². The van der Waals surface area contributed by atoms with Crippen molar-refractivity contribution in [3.05, 3.63) is 84.4 Å². The van der Waals surface area contributed by atoms with Gasteiger partial charge in [-0.3, -0.25) is 0 Å². The zero-order valence-electron chi connectivity index (χ0n) is 18.7. The summed E-state index contributed by atoms with van der Waals surface area (Å²) in [6.07, 6.45) is 0.572. The number of nitrogens with zero attached hydrogens (tertiary/aromatic N) is 1. The zero-order valence-corrected chi connectivity index (χ0v) is 18.7. The summed E-state index contributed by atoms with van der Waals surface area (Å²) in [4.78, 5) is 0. The van der Waals surface area contributed by atoms with Crippen LogP contribution in [0.5, 0.6) is 0 Å². The molecule has 0 radical (unpaired) electrons. The molecule has 0 bridgehead atoms. The van der Waals surface area contributed by atoms with Crippen molar-refractivity contribution < 1.29 is 5.11 Å². The van der Waals surface area contributed by atoms with Crippen molar-refractivity contribution >= 4 is 10.9 Å². The lowest BCUT2D eigenvalue weighted by Crippen LogP contribution is -2.35. The van der Waals surface area contributed by atoms with E-state index in [9.17, 15) is 5.11 Å². The highest BCUT2D eigenvalue weighted by atomic mass is 16.3. The molecule has 1 heterocycles. The molecule has 160 valence electrons. The van der Waals surface area contributed by atoms with Gasteiger partial charge in [-0.05, 0) is 43.5 Å². The van der Waals surface area contributed by atoms with Gasteiger partial charge in [0.1, 0.15) is 0 Å². The Hall–Kier alpha value is -2.88. The van der Waals surface area contributed by atoms with Crippen molar-refractivity contribution in [3.8, 4) is 22.4 Å². The molecule has 0 aliphatic carbocycles. The highest BCUT2D eigenvalue weighted by Crippen LogP contribution is 2.41. The van der Waals surface area contributed by atoms with E-state index in [1.54, 1.807) is 0 Å². The van der Waals surface area contributed by atoms with Crippen molar-refractivity contribution in [2.75, 3.05) is 6.54 Å². The molecule has 0 saturated carbocycles. The van der Waals surface area contributed by atoms with Gasteiger partial charge in [-0.15, -0.1) is 0 Å². The van der Waals surface area contributed by atoms with Crippen LogP contribution in [0.25, 0.3) is 33.3 Å². The van der Waals surface area contributed by atoms with Crippen LogP contribution in [0, 0.1) is 6.92 Å². The van der Waals surface area contributed by atoms with E-state index < -0.39 is 6.10 Å². The predicted molar refractivity (Wildman–Crippen MR) is 131 cm³/mol. The smallest absolute Gasteiger partial charge is 0.0843 e. The maximum Gasteiger partial charge on any atom is 0.0843 e. The Labute approximate surface area is 185 Å². The first kappa shape index (κ1) is 21.4. The number of benzene rings is 3. The Morgan fingerprint density at radius 2 is 1.55 bits per heavy atom. The van der Waals surface area contributed by atoms with E-state index in [1.807, 2.05) is 6.07 Å². The average molecular weight is 413 g/mol. The maximum absolute atomic E-state index is 10.9. The third-order valence-corrected chi connectivity index (χ3v) is 6.04. The Morgan fingerprint density at radius 1 is 0.903 bits per heavy atom. The van der Waals surface area contributed by atoms with Gasteiger partial charge in [0.2, 0.25) is 0 Å². The summed E-state index contributed by atoms with van der Waals surface area (Å²) in [5.41, 5.74) is 7.15. The zero-order chi connectivity index (χ0) is 21.8. The number of rotatable bonds is 8. The van der Waals surface area contributed by atoms with E-state index in [0.717, 1.165) is 23.2 Å². The molecule has 1 aromatic heterocycles. The summed E-state index contributed by atoms with van der Waals surface area (Å²) in [6.45, 7) is 7.57. The highest BCUT2D eigenvalue weighted by Gasteiger charge is 2.21. The van der Waals surface area contributed by atoms with Gasteiger partial charge in [0.05, 0.1) is 18.3 Å². The fraction of sp³-hybridized carbons (Fsp3) is 0.286. The second-order valence-corrected chi connectivity index (χ2v) is 8.46. The van der Waals surface area contributed by atoms with Crippen molar-refractivity contribution in [1.29, 1.82) is 0 Å². The van der Waals surface area contributed by atoms with Gasteiger partial charge in [-0.25, -0.2) is 0 Å². The second-order valence-electron chi connectivity index (χ2n) is 8.46. The van der Waals surface area contributed by atoms with Crippen molar-refractivity contribution in [2.24, 2.45) is 0 Å². The van der Waals surface area contributed by atoms with Crippen LogP contribution in [0.3, 0.4) is 0 Å². The summed E-state index contributed by atoms with van der Waals surface area (Å²) >= 11 is 0. The predicted octanol–water partition coefficient (Wildman–Crippen LogP) is 6.03. The van der Waals surface area contributed by atoms with E-state index in [1.165, 1.54) is 22.1 Å². The molecule has 0 spiro atoms. The van der Waals surface area contributed by atoms with Crippen molar-refractivity contribution in [3.63, 3.8) is 0 Å². The highest BCUT2D eigenvalue weighted by molar-refractivity contribution is 6.04. The molecule has 0 saturated heterocycles. The van der Waals surface area contributed by atoms with Gasteiger partial charge < -0.3 is 15.0 Å². The molecule has 0 unspecified atom stereocenters. The molecule has 0 aliphatic heterocycles. The standard InChI is InChI=1S/C28H32N2O/c1-4-21(3)29-18-24(31)19-30-26-16-15-20(2)17-25(26)27(22-11-7-5-8-12-22)28(30)23-13-9-6-10-14-23/h5-17,21,24,29,31H,4,18-19H2,1-3H3/t21-,24-/m1/s1. The van der Waals surface area contributed by atoms with E-state index in [4.69, 9.17) is 0 Å². The number of aromatic nitrogens is 1. The van der Waals surface area contributed by atoms with Crippen LogP contribution in [-0.4, -0.2) is 28.4 Å². The number of aliphatic hydroxyl groups excluding tert-OH is 1. The molecule has 4 rings (SSSR count). The van der Waals surface area contributed by atoms with Crippen LogP contribution in [-0.2, 0) is 6.54 Å². The molecular weight excluding hydrogens is 380 g/mol. The monoisotopic (exact) mass is 412 g/mol. The van der Waals surface area contributed by atoms with Gasteiger partial charge in [0, 0.05) is 29.1 Å². The van der Waals surface area contributed by atoms with Crippen molar-refractivity contribution in [2.45, 2.75) is 45.9 Å². The largest absolute Gasteiger partial charge is 0.390 e. The topological polar surface area (TPSA) is 37.2 Å². The Morgan fingerprint density at radius 3 is 2.19 bits per heavy atom. The van der Waals surface area contributed by atoms with Gasteiger partial charge in [0.15, 0.2) is 0 Å². The van der Waals surface area contributed by atoms with Crippen molar-refractivity contribution in [1.82, 2.24) is 9.88 Å². The van der Waals surface area contributed by atoms with E-state index in [2.05, 4.69) is 103 Å². The van der Waals surface area contributed by atoms with Gasteiger partial charge in [0.25, 0.3) is 0 Å². The first-order valence-corrected chi connectivity index (χ1v) is 11.2. The summed E-state index contributed by atoms with van der Waals surface area (Å²) in [6, 6.07) is 28.1. The Bertz CT molecular complexity index is 1130. The minimum absolute atomic E-state index is 0.396. The maximum atomic E-state index is 10.9. The molecule has 31 heavy (non-hydrogen) atoms. The molecule has 4 aromatic rings. The van der Waals surface area contributed by atoms with Crippen LogP contribution < -0.4 is 5.32 Å². The minimum Gasteiger partial charge on any atom is -0.390 e. The number of fused-ring (bicyclic) bond motifs is 1. The van der Waals surface area contributed by atoms with E-state index in [0.29, 0.717) is 19.1 Å². The summed E-state index contributed by atoms with van der Waals surface area (Å²) in [5, 5.41) is 15.6. The first-order valence-electron chi connectivity index (χ1n) is 11.2. The molecule has 0 amide bonds. The van der Waals surface area contributed by atoms with Crippen LogP contribution in [0.4, 0.5) is 0 Å². The van der Waals surface area contributed by atoms with Crippen LogP contribution in [0.15, 0.2) is 78.9 Å². The lowest BCUT2D eigenvalue weighted by atomic mass is 9.98. The van der Waals surface area contributed by atoms with Crippen LogP contribution in [0.1, 0.15) is 25.8 Å².